The normalized spacial score (nSPS) is 23.3. The minimum Gasteiger partial charge on any atom is -0.377 e. The molecule has 2 rings (SSSR count). The van der Waals surface area contributed by atoms with E-state index < -0.39 is 0 Å². The van der Waals surface area contributed by atoms with E-state index in [1.165, 1.54) is 12.1 Å². The fourth-order valence-electron chi connectivity index (χ4n) is 2.33. The molecular formula is C13H21Cl2FN2O. The van der Waals surface area contributed by atoms with Crippen molar-refractivity contribution in [1.29, 1.82) is 0 Å². The summed E-state index contributed by atoms with van der Waals surface area (Å²) in [6, 6.07) is 6.67. The first kappa shape index (κ1) is 18.6. The molecule has 0 amide bonds. The van der Waals surface area contributed by atoms with E-state index in [2.05, 4.69) is 5.32 Å². The van der Waals surface area contributed by atoms with Crippen molar-refractivity contribution in [2.45, 2.75) is 18.6 Å². The molecule has 3 nitrogen and oxygen atoms in total. The maximum Gasteiger partial charge on any atom is 0.123 e. The highest BCUT2D eigenvalue weighted by Gasteiger charge is 2.27. The van der Waals surface area contributed by atoms with Gasteiger partial charge in [0.15, 0.2) is 0 Å². The van der Waals surface area contributed by atoms with Crippen LogP contribution in [0.3, 0.4) is 0 Å². The maximum absolute atomic E-state index is 12.9. The van der Waals surface area contributed by atoms with E-state index in [9.17, 15) is 4.39 Å². The van der Waals surface area contributed by atoms with Gasteiger partial charge < -0.3 is 15.8 Å². The van der Waals surface area contributed by atoms with Gasteiger partial charge in [-0.15, -0.1) is 24.8 Å². The van der Waals surface area contributed by atoms with Gasteiger partial charge in [-0.2, -0.15) is 0 Å². The Hall–Kier alpha value is -0.390. The van der Waals surface area contributed by atoms with Crippen molar-refractivity contribution in [2.75, 3.05) is 20.2 Å². The predicted octanol–water partition coefficient (Wildman–Crippen LogP) is 2.29. The molecule has 3 N–H and O–H groups in total. The molecule has 0 bridgehead atoms. The van der Waals surface area contributed by atoms with Crippen molar-refractivity contribution in [2.24, 2.45) is 11.7 Å². The van der Waals surface area contributed by atoms with E-state index in [0.29, 0.717) is 5.92 Å². The Kier molecular flexibility index (Phi) is 8.54. The van der Waals surface area contributed by atoms with Crippen LogP contribution in [0.5, 0.6) is 0 Å². The zero-order chi connectivity index (χ0) is 12.3. The SMILES string of the molecule is COC(CC1CNCC1N)c1ccc(F)cc1.Cl.Cl. The van der Waals surface area contributed by atoms with Crippen LogP contribution in [0.2, 0.25) is 0 Å². The largest absolute Gasteiger partial charge is 0.377 e. The number of halogens is 3. The monoisotopic (exact) mass is 310 g/mol. The van der Waals surface area contributed by atoms with E-state index in [0.717, 1.165) is 25.1 Å². The molecule has 0 aliphatic carbocycles. The molecule has 3 atom stereocenters. The first-order valence-electron chi connectivity index (χ1n) is 5.95. The number of rotatable bonds is 4. The number of hydrogen-bond acceptors (Lipinski definition) is 3. The standard InChI is InChI=1S/C13H19FN2O.2ClH/c1-17-13(6-10-7-16-8-12(10)15)9-2-4-11(14)5-3-9;;/h2-5,10,12-13,16H,6-8,15H2,1H3;2*1H. The van der Waals surface area contributed by atoms with Crippen molar-refractivity contribution >= 4 is 24.8 Å². The fraction of sp³-hybridized carbons (Fsp3) is 0.538. The van der Waals surface area contributed by atoms with Gasteiger partial charge in [0.2, 0.25) is 0 Å². The number of benzene rings is 1. The Labute approximate surface area is 125 Å². The van der Waals surface area contributed by atoms with Crippen LogP contribution >= 0.6 is 24.8 Å². The summed E-state index contributed by atoms with van der Waals surface area (Å²) in [6.45, 7) is 1.80. The van der Waals surface area contributed by atoms with E-state index >= 15 is 0 Å². The summed E-state index contributed by atoms with van der Waals surface area (Å²) in [4.78, 5) is 0. The smallest absolute Gasteiger partial charge is 0.123 e. The van der Waals surface area contributed by atoms with Gasteiger partial charge in [0, 0.05) is 19.7 Å². The number of hydrogen-bond donors (Lipinski definition) is 2. The Balaban J connectivity index is 0.00000162. The quantitative estimate of drug-likeness (QED) is 0.897. The lowest BCUT2D eigenvalue weighted by Gasteiger charge is -2.21. The first-order valence-corrected chi connectivity index (χ1v) is 5.95. The zero-order valence-corrected chi connectivity index (χ0v) is 12.5. The minimum atomic E-state index is -0.220. The highest BCUT2D eigenvalue weighted by atomic mass is 35.5. The number of ether oxygens (including phenoxy) is 1. The lowest BCUT2D eigenvalue weighted by Crippen LogP contribution is -2.30. The van der Waals surface area contributed by atoms with Gasteiger partial charge in [-0.1, -0.05) is 12.1 Å². The zero-order valence-electron chi connectivity index (χ0n) is 10.8. The van der Waals surface area contributed by atoms with Gasteiger partial charge in [0.1, 0.15) is 5.82 Å². The van der Waals surface area contributed by atoms with Gasteiger partial charge in [-0.3, -0.25) is 0 Å². The molecule has 1 aliphatic rings. The van der Waals surface area contributed by atoms with E-state index in [4.69, 9.17) is 10.5 Å². The molecule has 0 spiro atoms. The Morgan fingerprint density at radius 3 is 2.42 bits per heavy atom. The van der Waals surface area contributed by atoms with Crippen LogP contribution in [-0.4, -0.2) is 26.2 Å². The molecule has 1 fully saturated rings. The third-order valence-electron chi connectivity index (χ3n) is 3.44. The average Bonchev–Trinajstić information content (AvgIpc) is 2.73. The van der Waals surface area contributed by atoms with Crippen molar-refractivity contribution in [3.05, 3.63) is 35.6 Å². The second kappa shape index (κ2) is 8.72. The third-order valence-corrected chi connectivity index (χ3v) is 3.44. The molecule has 0 saturated carbocycles. The molecule has 1 saturated heterocycles. The van der Waals surface area contributed by atoms with Crippen molar-refractivity contribution in [1.82, 2.24) is 5.32 Å². The van der Waals surface area contributed by atoms with Crippen LogP contribution in [0.25, 0.3) is 0 Å². The van der Waals surface area contributed by atoms with Crippen molar-refractivity contribution in [3.8, 4) is 0 Å². The van der Waals surface area contributed by atoms with Crippen LogP contribution < -0.4 is 11.1 Å². The number of methoxy groups -OCH3 is 1. The lowest BCUT2D eigenvalue weighted by molar-refractivity contribution is 0.0804. The predicted molar refractivity (Wildman–Crippen MR) is 79.6 cm³/mol. The summed E-state index contributed by atoms with van der Waals surface area (Å²) in [5.41, 5.74) is 7.01. The van der Waals surface area contributed by atoms with Gasteiger partial charge in [0.05, 0.1) is 6.10 Å². The van der Waals surface area contributed by atoms with Crippen LogP contribution in [0.1, 0.15) is 18.1 Å². The van der Waals surface area contributed by atoms with E-state index in [1.54, 1.807) is 19.2 Å². The molecule has 6 heteroatoms. The molecule has 110 valence electrons. The molecule has 1 aliphatic heterocycles. The van der Waals surface area contributed by atoms with E-state index in [-0.39, 0.29) is 42.8 Å². The fourth-order valence-corrected chi connectivity index (χ4v) is 2.33. The minimum absolute atomic E-state index is 0. The maximum atomic E-state index is 12.9. The average molecular weight is 311 g/mol. The van der Waals surface area contributed by atoms with Gasteiger partial charge >= 0.3 is 0 Å². The van der Waals surface area contributed by atoms with Crippen molar-refractivity contribution < 1.29 is 9.13 Å². The first-order chi connectivity index (χ1) is 8.20. The molecule has 19 heavy (non-hydrogen) atoms. The van der Waals surface area contributed by atoms with Crippen LogP contribution in [0.4, 0.5) is 4.39 Å². The van der Waals surface area contributed by atoms with Crippen LogP contribution in [-0.2, 0) is 4.74 Å². The Bertz CT molecular complexity index is 364. The summed E-state index contributed by atoms with van der Waals surface area (Å²) < 4.78 is 18.3. The summed E-state index contributed by atoms with van der Waals surface area (Å²) in [5.74, 6) is 0.202. The molecule has 0 aromatic heterocycles. The van der Waals surface area contributed by atoms with Crippen LogP contribution in [0.15, 0.2) is 24.3 Å². The number of nitrogens with two attached hydrogens (primary N) is 1. The molecular weight excluding hydrogens is 290 g/mol. The lowest BCUT2D eigenvalue weighted by atomic mass is 9.93. The molecule has 1 aromatic carbocycles. The van der Waals surface area contributed by atoms with Crippen LogP contribution in [0, 0.1) is 11.7 Å². The highest BCUT2D eigenvalue weighted by molar-refractivity contribution is 5.85. The van der Waals surface area contributed by atoms with Gasteiger partial charge in [-0.25, -0.2) is 4.39 Å². The van der Waals surface area contributed by atoms with Gasteiger partial charge in [0.25, 0.3) is 0 Å². The third kappa shape index (κ3) is 4.89. The van der Waals surface area contributed by atoms with Gasteiger partial charge in [-0.05, 0) is 36.6 Å². The second-order valence-electron chi connectivity index (χ2n) is 4.59. The molecule has 1 heterocycles. The Morgan fingerprint density at radius 1 is 1.32 bits per heavy atom. The Morgan fingerprint density at radius 2 is 1.95 bits per heavy atom. The molecule has 0 radical (unpaired) electrons. The van der Waals surface area contributed by atoms with Crippen molar-refractivity contribution in [3.63, 3.8) is 0 Å². The van der Waals surface area contributed by atoms with E-state index in [1.807, 2.05) is 0 Å². The topological polar surface area (TPSA) is 47.3 Å². The number of nitrogens with one attached hydrogen (secondary N) is 1. The summed E-state index contributed by atoms with van der Waals surface area (Å²) in [6.07, 6.45) is 0.864. The highest BCUT2D eigenvalue weighted by Crippen LogP contribution is 2.27. The molecule has 3 unspecified atom stereocenters. The molecule has 1 aromatic rings. The summed E-state index contributed by atoms with van der Waals surface area (Å²) in [5, 5.41) is 3.27. The summed E-state index contributed by atoms with van der Waals surface area (Å²) in [7, 11) is 1.68. The summed E-state index contributed by atoms with van der Waals surface area (Å²) >= 11 is 0. The second-order valence-corrected chi connectivity index (χ2v) is 4.59.